The molecule has 1 heterocycles. The van der Waals surface area contributed by atoms with Crippen LogP contribution in [0, 0.1) is 18.2 Å². The number of nitrogens with one attached hydrogen (secondary N) is 1. The van der Waals surface area contributed by atoms with E-state index in [0.29, 0.717) is 40.7 Å². The van der Waals surface area contributed by atoms with Gasteiger partial charge in [-0.1, -0.05) is 19.1 Å². The molecule has 1 aliphatic rings. The fraction of sp³-hybridized carbons (Fsp3) is 0.481. The molecule has 0 radical (unpaired) electrons. The first-order valence-electron chi connectivity index (χ1n) is 12.3. The summed E-state index contributed by atoms with van der Waals surface area (Å²) in [5, 5.41) is 3.68. The van der Waals surface area contributed by atoms with Crippen molar-refractivity contribution in [1.82, 2.24) is 14.9 Å². The quantitative estimate of drug-likeness (QED) is 0.313. The Labute approximate surface area is 214 Å². The standard InChI is InChI=1S/C27H32F4N4O2/c1-6-35(4)14-26(10-11-26)15-37-23-12-19-21(13-22(23)36-5)33-17(3)34-25(19)32-16(2)18-8-7-9-20(24(18)28)27(29,30)31/h7-9,12-13,16H,6,10-11,14-15H2,1-5H3,(H,32,33,34)/t16-/m1/s1. The van der Waals surface area contributed by atoms with Gasteiger partial charge in [0.25, 0.3) is 0 Å². The average Bonchev–Trinajstić information content (AvgIpc) is 3.60. The summed E-state index contributed by atoms with van der Waals surface area (Å²) in [5.41, 5.74) is -0.737. The molecule has 1 saturated carbocycles. The minimum absolute atomic E-state index is 0.102. The maximum Gasteiger partial charge on any atom is 0.419 e. The minimum atomic E-state index is -4.79. The lowest BCUT2D eigenvalue weighted by molar-refractivity contribution is -0.140. The van der Waals surface area contributed by atoms with Crippen molar-refractivity contribution in [1.29, 1.82) is 0 Å². The number of halogens is 4. The fourth-order valence-electron chi connectivity index (χ4n) is 4.46. The third-order valence-electron chi connectivity index (χ3n) is 6.88. The third-order valence-corrected chi connectivity index (χ3v) is 6.88. The summed E-state index contributed by atoms with van der Waals surface area (Å²) in [6.07, 6.45) is -2.61. The molecule has 6 nitrogen and oxygen atoms in total. The van der Waals surface area contributed by atoms with E-state index < -0.39 is 23.6 Å². The molecular formula is C27H32F4N4O2. The topological polar surface area (TPSA) is 59.5 Å². The SMILES string of the molecule is CCN(C)CC1(COc2cc3c(N[C@H](C)c4cccc(C(F)(F)F)c4F)nc(C)nc3cc2OC)CC1. The molecule has 0 unspecified atom stereocenters. The molecule has 200 valence electrons. The number of methoxy groups -OCH3 is 1. The highest BCUT2D eigenvalue weighted by atomic mass is 19.4. The van der Waals surface area contributed by atoms with Crippen LogP contribution in [0.5, 0.6) is 11.5 Å². The molecule has 0 saturated heterocycles. The molecule has 4 rings (SSSR count). The molecule has 0 bridgehead atoms. The Morgan fingerprint density at radius 2 is 1.89 bits per heavy atom. The maximum atomic E-state index is 14.8. The average molecular weight is 521 g/mol. The normalized spacial score (nSPS) is 15.6. The summed E-state index contributed by atoms with van der Waals surface area (Å²) in [6, 6.07) is 5.98. The lowest BCUT2D eigenvalue weighted by Gasteiger charge is -2.23. The summed E-state index contributed by atoms with van der Waals surface area (Å²) in [4.78, 5) is 11.2. The second-order valence-electron chi connectivity index (χ2n) is 9.83. The summed E-state index contributed by atoms with van der Waals surface area (Å²) in [7, 11) is 3.64. The molecular weight excluding hydrogens is 488 g/mol. The minimum Gasteiger partial charge on any atom is -0.493 e. The Kier molecular flexibility index (Phi) is 7.50. The molecule has 1 N–H and O–H groups in total. The number of hydrogen-bond acceptors (Lipinski definition) is 6. The van der Waals surface area contributed by atoms with Crippen molar-refractivity contribution in [3.63, 3.8) is 0 Å². The second-order valence-corrected chi connectivity index (χ2v) is 9.83. The van der Waals surface area contributed by atoms with Crippen LogP contribution in [0.3, 0.4) is 0 Å². The van der Waals surface area contributed by atoms with Crippen LogP contribution in [0.2, 0.25) is 0 Å². The van der Waals surface area contributed by atoms with E-state index in [1.807, 2.05) is 0 Å². The van der Waals surface area contributed by atoms with Crippen LogP contribution in [0.4, 0.5) is 23.4 Å². The lowest BCUT2D eigenvalue weighted by atomic mass is 10.0. The number of rotatable bonds is 10. The Morgan fingerprint density at radius 3 is 2.51 bits per heavy atom. The van der Waals surface area contributed by atoms with Crippen molar-refractivity contribution in [3.05, 3.63) is 53.1 Å². The molecule has 1 atom stereocenters. The number of alkyl halides is 3. The molecule has 0 spiro atoms. The van der Waals surface area contributed by atoms with Gasteiger partial charge >= 0.3 is 6.18 Å². The van der Waals surface area contributed by atoms with Gasteiger partial charge in [-0.2, -0.15) is 13.2 Å². The number of hydrogen-bond donors (Lipinski definition) is 1. The van der Waals surface area contributed by atoms with Gasteiger partial charge in [-0.25, -0.2) is 14.4 Å². The zero-order valence-electron chi connectivity index (χ0n) is 21.7. The van der Waals surface area contributed by atoms with Crippen molar-refractivity contribution in [2.45, 2.75) is 45.8 Å². The zero-order valence-corrected chi connectivity index (χ0v) is 21.7. The van der Waals surface area contributed by atoms with Crippen molar-refractivity contribution >= 4 is 16.7 Å². The summed E-state index contributed by atoms with van der Waals surface area (Å²) in [5.74, 6) is 0.553. The third kappa shape index (κ3) is 5.89. The van der Waals surface area contributed by atoms with Crippen LogP contribution < -0.4 is 14.8 Å². The molecule has 1 fully saturated rings. The first-order valence-corrected chi connectivity index (χ1v) is 12.3. The zero-order chi connectivity index (χ0) is 27.0. The highest BCUT2D eigenvalue weighted by Crippen LogP contribution is 2.47. The highest BCUT2D eigenvalue weighted by Gasteiger charge is 2.44. The van der Waals surface area contributed by atoms with Crippen LogP contribution in [0.15, 0.2) is 30.3 Å². The van der Waals surface area contributed by atoms with Gasteiger partial charge in [-0.15, -0.1) is 0 Å². The van der Waals surface area contributed by atoms with E-state index in [0.717, 1.165) is 32.0 Å². The molecule has 37 heavy (non-hydrogen) atoms. The van der Waals surface area contributed by atoms with Crippen LogP contribution >= 0.6 is 0 Å². The summed E-state index contributed by atoms with van der Waals surface area (Å²) >= 11 is 0. The van der Waals surface area contributed by atoms with E-state index in [9.17, 15) is 17.6 Å². The van der Waals surface area contributed by atoms with E-state index in [2.05, 4.69) is 34.2 Å². The van der Waals surface area contributed by atoms with Gasteiger partial charge in [0.2, 0.25) is 0 Å². The van der Waals surface area contributed by atoms with E-state index in [-0.39, 0.29) is 11.0 Å². The summed E-state index contributed by atoms with van der Waals surface area (Å²) < 4.78 is 66.3. The second kappa shape index (κ2) is 10.3. The number of nitrogens with zero attached hydrogens (tertiary/aromatic N) is 3. The van der Waals surface area contributed by atoms with Crippen molar-refractivity contribution in [3.8, 4) is 11.5 Å². The number of aromatic nitrogens is 2. The monoisotopic (exact) mass is 520 g/mol. The number of fused-ring (bicyclic) bond motifs is 1. The molecule has 0 amide bonds. The lowest BCUT2D eigenvalue weighted by Crippen LogP contribution is -2.30. The van der Waals surface area contributed by atoms with E-state index in [1.54, 1.807) is 33.1 Å². The summed E-state index contributed by atoms with van der Waals surface area (Å²) in [6.45, 7) is 7.83. The van der Waals surface area contributed by atoms with Crippen molar-refractivity contribution in [2.75, 3.05) is 39.2 Å². The first-order chi connectivity index (χ1) is 17.5. The van der Waals surface area contributed by atoms with Gasteiger partial charge in [-0.05, 0) is 52.4 Å². The van der Waals surface area contributed by atoms with E-state index in [4.69, 9.17) is 9.47 Å². The fourth-order valence-corrected chi connectivity index (χ4v) is 4.46. The Balaban J connectivity index is 1.65. The molecule has 1 aliphatic carbocycles. The number of ether oxygens (including phenoxy) is 2. The largest absolute Gasteiger partial charge is 0.493 e. The van der Waals surface area contributed by atoms with Crippen LogP contribution in [0.1, 0.15) is 49.7 Å². The molecule has 10 heteroatoms. The van der Waals surface area contributed by atoms with Gasteiger partial charge in [0.1, 0.15) is 17.5 Å². The number of benzene rings is 2. The predicted molar refractivity (Wildman–Crippen MR) is 135 cm³/mol. The predicted octanol–water partition coefficient (Wildman–Crippen LogP) is 6.39. The van der Waals surface area contributed by atoms with E-state index in [1.165, 1.54) is 12.1 Å². The first kappa shape index (κ1) is 26.9. The van der Waals surface area contributed by atoms with Gasteiger partial charge in [-0.3, -0.25) is 0 Å². The Morgan fingerprint density at radius 1 is 1.16 bits per heavy atom. The van der Waals surface area contributed by atoms with Crippen LogP contribution in [0.25, 0.3) is 10.9 Å². The Hall–Kier alpha value is -3.14. The molecule has 0 aliphatic heterocycles. The van der Waals surface area contributed by atoms with Crippen molar-refractivity contribution < 1.29 is 27.0 Å². The maximum absolute atomic E-state index is 14.8. The van der Waals surface area contributed by atoms with Gasteiger partial charge in [0, 0.05) is 29.0 Å². The van der Waals surface area contributed by atoms with Gasteiger partial charge < -0.3 is 19.7 Å². The van der Waals surface area contributed by atoms with Crippen LogP contribution in [-0.4, -0.2) is 48.7 Å². The number of anilines is 1. The molecule has 2 aromatic carbocycles. The van der Waals surface area contributed by atoms with Gasteiger partial charge in [0.15, 0.2) is 11.5 Å². The van der Waals surface area contributed by atoms with Crippen LogP contribution in [-0.2, 0) is 6.18 Å². The highest BCUT2D eigenvalue weighted by molar-refractivity contribution is 5.92. The number of aryl methyl sites for hydroxylation is 1. The van der Waals surface area contributed by atoms with E-state index >= 15 is 0 Å². The smallest absolute Gasteiger partial charge is 0.419 e. The molecule has 3 aromatic rings. The van der Waals surface area contributed by atoms with Gasteiger partial charge in [0.05, 0.1) is 30.8 Å². The van der Waals surface area contributed by atoms with Crippen molar-refractivity contribution in [2.24, 2.45) is 5.41 Å². The molecule has 1 aromatic heterocycles. The Bertz CT molecular complexity index is 1280.